The summed E-state index contributed by atoms with van der Waals surface area (Å²) in [6.45, 7) is 9.54. The van der Waals surface area contributed by atoms with Crippen LogP contribution in [0.25, 0.3) is 74.4 Å². The molecule has 0 saturated carbocycles. The molecular formula is C70H52N2S2. The van der Waals surface area contributed by atoms with Crippen molar-refractivity contribution >= 4 is 77.0 Å². The molecule has 0 bridgehead atoms. The van der Waals surface area contributed by atoms with Crippen molar-refractivity contribution < 1.29 is 0 Å². The molecule has 2 aliphatic rings. The second kappa shape index (κ2) is 17.2. The predicted molar refractivity (Wildman–Crippen MR) is 318 cm³/mol. The standard InChI is InChI=1S/C70H52N2S2/c1-69(2)61-39-49(67-41-47-15-11-13-21-65(47)73-67)27-35-57(61)59-37-33-55(43-63(59)69)71(51-17-7-5-8-18-51)53-29-23-45(24-30-53)46-25-31-54(32-26-46)72(52-19-9-6-10-20-52)56-34-38-60-58-36-28-50(40-62(58)70(3,4)64(60)44-56)68-42-48-16-12-14-22-66(48)74-68/h5-44H,1-4H3. The average molecular weight is 985 g/mol. The number of anilines is 6. The molecule has 0 amide bonds. The molecule has 2 heterocycles. The molecule has 2 aliphatic carbocycles. The van der Waals surface area contributed by atoms with Gasteiger partial charge in [-0.05, 0) is 187 Å². The number of hydrogen-bond donors (Lipinski definition) is 0. The second-order valence-electron chi connectivity index (χ2n) is 21.0. The molecule has 10 aromatic carbocycles. The van der Waals surface area contributed by atoms with Gasteiger partial charge in [0.15, 0.2) is 0 Å². The SMILES string of the molecule is CC1(C)c2cc(-c3cc4ccccc4s3)ccc2-c2ccc(N(c3ccccc3)c3ccc(-c4ccc(N(c5ccccc5)c5ccc6c(c5)C(C)(C)c5cc(-c7cc8ccccc8s7)ccc5-6)cc4)cc3)cc21. The van der Waals surface area contributed by atoms with E-state index in [0.717, 1.165) is 34.1 Å². The topological polar surface area (TPSA) is 6.48 Å². The lowest BCUT2D eigenvalue weighted by Gasteiger charge is -2.28. The largest absolute Gasteiger partial charge is 0.310 e. The van der Waals surface area contributed by atoms with E-state index in [1.807, 2.05) is 22.7 Å². The Hall–Kier alpha value is -8.28. The summed E-state index contributed by atoms with van der Waals surface area (Å²) in [6.07, 6.45) is 0. The van der Waals surface area contributed by atoms with Crippen LogP contribution in [0, 0.1) is 0 Å². The zero-order valence-electron chi connectivity index (χ0n) is 41.8. The first-order valence-electron chi connectivity index (χ1n) is 25.6. The van der Waals surface area contributed by atoms with Gasteiger partial charge >= 0.3 is 0 Å². The van der Waals surface area contributed by atoms with E-state index in [1.165, 1.54) is 96.7 Å². The van der Waals surface area contributed by atoms with Crippen molar-refractivity contribution in [3.05, 3.63) is 265 Å². The number of nitrogens with zero attached hydrogens (tertiary/aromatic N) is 2. The summed E-state index contributed by atoms with van der Waals surface area (Å²) in [7, 11) is 0. The summed E-state index contributed by atoms with van der Waals surface area (Å²) in [6, 6.07) is 90.1. The Labute approximate surface area is 441 Å². The molecule has 0 N–H and O–H groups in total. The molecule has 0 atom stereocenters. The molecule has 0 aliphatic heterocycles. The average Bonchev–Trinajstić information content (AvgIpc) is 4.23. The van der Waals surface area contributed by atoms with Gasteiger partial charge in [-0.25, -0.2) is 0 Å². The minimum absolute atomic E-state index is 0.171. The molecule has 4 heteroatoms. The van der Waals surface area contributed by atoms with Crippen LogP contribution in [0.2, 0.25) is 0 Å². The van der Waals surface area contributed by atoms with Crippen molar-refractivity contribution in [2.45, 2.75) is 38.5 Å². The van der Waals surface area contributed by atoms with Gasteiger partial charge in [-0.1, -0.05) is 161 Å². The van der Waals surface area contributed by atoms with Gasteiger partial charge in [0.05, 0.1) is 0 Å². The summed E-state index contributed by atoms with van der Waals surface area (Å²) in [5, 5.41) is 2.61. The van der Waals surface area contributed by atoms with Gasteiger partial charge in [0.2, 0.25) is 0 Å². The van der Waals surface area contributed by atoms with E-state index < -0.39 is 0 Å². The fourth-order valence-electron chi connectivity index (χ4n) is 11.9. The highest BCUT2D eigenvalue weighted by Crippen LogP contribution is 2.54. The fraction of sp³-hybridized carbons (Fsp3) is 0.0857. The zero-order valence-corrected chi connectivity index (χ0v) is 43.4. The Morgan fingerprint density at radius 1 is 0.270 bits per heavy atom. The Morgan fingerprint density at radius 2 is 0.581 bits per heavy atom. The Balaban J connectivity index is 0.760. The van der Waals surface area contributed by atoms with Gasteiger partial charge in [0.1, 0.15) is 0 Å². The third-order valence-corrected chi connectivity index (χ3v) is 18.2. The van der Waals surface area contributed by atoms with E-state index >= 15 is 0 Å². The molecule has 354 valence electrons. The van der Waals surface area contributed by atoms with E-state index in [1.54, 1.807) is 0 Å². The molecule has 0 unspecified atom stereocenters. The van der Waals surface area contributed by atoms with Crippen LogP contribution in [0.1, 0.15) is 49.9 Å². The van der Waals surface area contributed by atoms with Crippen LogP contribution in [0.4, 0.5) is 34.1 Å². The van der Waals surface area contributed by atoms with E-state index in [4.69, 9.17) is 0 Å². The third-order valence-electron chi connectivity index (χ3n) is 15.9. The van der Waals surface area contributed by atoms with Gasteiger partial charge in [-0.15, -0.1) is 22.7 Å². The number of rotatable bonds is 9. The number of benzene rings is 10. The maximum Gasteiger partial charge on any atom is 0.0465 e. The highest BCUT2D eigenvalue weighted by Gasteiger charge is 2.38. The third kappa shape index (κ3) is 7.27. The molecule has 2 nitrogen and oxygen atoms in total. The number of thiophene rings is 2. The lowest BCUT2D eigenvalue weighted by molar-refractivity contribution is 0.660. The Morgan fingerprint density at radius 3 is 0.973 bits per heavy atom. The Bertz CT molecular complexity index is 3790. The molecule has 14 rings (SSSR count). The van der Waals surface area contributed by atoms with Gasteiger partial charge in [0, 0.05) is 64.1 Å². The highest BCUT2D eigenvalue weighted by molar-refractivity contribution is 7.22. The molecule has 0 radical (unpaired) electrons. The molecule has 0 saturated heterocycles. The molecular weight excluding hydrogens is 933 g/mol. The van der Waals surface area contributed by atoms with Gasteiger partial charge < -0.3 is 9.80 Å². The summed E-state index contributed by atoms with van der Waals surface area (Å²) >= 11 is 3.75. The molecule has 74 heavy (non-hydrogen) atoms. The lowest BCUT2D eigenvalue weighted by atomic mass is 9.81. The second-order valence-corrected chi connectivity index (χ2v) is 23.1. The maximum atomic E-state index is 2.44. The normalized spacial score (nSPS) is 13.6. The van der Waals surface area contributed by atoms with E-state index in [-0.39, 0.29) is 10.8 Å². The van der Waals surface area contributed by atoms with E-state index in [2.05, 4.69) is 280 Å². The first kappa shape index (κ1) is 44.4. The first-order chi connectivity index (χ1) is 36.2. The first-order valence-corrected chi connectivity index (χ1v) is 27.3. The Kier molecular flexibility index (Phi) is 10.3. The monoisotopic (exact) mass is 984 g/mol. The van der Waals surface area contributed by atoms with Crippen LogP contribution in [-0.4, -0.2) is 0 Å². The molecule has 2 aromatic heterocycles. The minimum atomic E-state index is -0.171. The lowest BCUT2D eigenvalue weighted by Crippen LogP contribution is -2.16. The summed E-state index contributed by atoms with van der Waals surface area (Å²) in [5.74, 6) is 0. The van der Waals surface area contributed by atoms with Gasteiger partial charge in [-0.2, -0.15) is 0 Å². The summed E-state index contributed by atoms with van der Waals surface area (Å²) in [5.41, 5.74) is 22.1. The van der Waals surface area contributed by atoms with Crippen LogP contribution in [0.15, 0.2) is 243 Å². The van der Waals surface area contributed by atoms with Crippen molar-refractivity contribution in [1.82, 2.24) is 0 Å². The van der Waals surface area contributed by atoms with E-state index in [0.29, 0.717) is 0 Å². The molecule has 12 aromatic rings. The van der Waals surface area contributed by atoms with Crippen molar-refractivity contribution in [2.24, 2.45) is 0 Å². The van der Waals surface area contributed by atoms with Crippen molar-refractivity contribution in [3.63, 3.8) is 0 Å². The number of fused-ring (bicyclic) bond motifs is 8. The highest BCUT2D eigenvalue weighted by atomic mass is 32.1. The quantitative estimate of drug-likeness (QED) is 0.142. The number of para-hydroxylation sites is 2. The van der Waals surface area contributed by atoms with E-state index in [9.17, 15) is 0 Å². The van der Waals surface area contributed by atoms with Crippen LogP contribution in [0.3, 0.4) is 0 Å². The fourth-order valence-corrected chi connectivity index (χ4v) is 14.1. The smallest absolute Gasteiger partial charge is 0.0465 e. The van der Waals surface area contributed by atoms with Gasteiger partial charge in [-0.3, -0.25) is 0 Å². The van der Waals surface area contributed by atoms with Crippen molar-refractivity contribution in [1.29, 1.82) is 0 Å². The number of hydrogen-bond acceptors (Lipinski definition) is 4. The maximum absolute atomic E-state index is 2.44. The van der Waals surface area contributed by atoms with Crippen LogP contribution in [-0.2, 0) is 10.8 Å². The van der Waals surface area contributed by atoms with Crippen LogP contribution >= 0.6 is 22.7 Å². The summed E-state index contributed by atoms with van der Waals surface area (Å²) < 4.78 is 2.65. The predicted octanol–water partition coefficient (Wildman–Crippen LogP) is 20.7. The van der Waals surface area contributed by atoms with Crippen molar-refractivity contribution in [3.8, 4) is 54.3 Å². The van der Waals surface area contributed by atoms with Crippen molar-refractivity contribution in [2.75, 3.05) is 9.80 Å². The molecule has 0 fully saturated rings. The van der Waals surface area contributed by atoms with Crippen LogP contribution < -0.4 is 9.80 Å². The minimum Gasteiger partial charge on any atom is -0.310 e. The summed E-state index contributed by atoms with van der Waals surface area (Å²) in [4.78, 5) is 7.42. The van der Waals surface area contributed by atoms with Gasteiger partial charge in [0.25, 0.3) is 0 Å². The molecule has 0 spiro atoms. The zero-order chi connectivity index (χ0) is 49.7. The van der Waals surface area contributed by atoms with Crippen LogP contribution in [0.5, 0.6) is 0 Å².